The van der Waals surface area contributed by atoms with Gasteiger partial charge >= 0.3 is 18.0 Å². The van der Waals surface area contributed by atoms with E-state index in [2.05, 4.69) is 34.1 Å². The van der Waals surface area contributed by atoms with Gasteiger partial charge in [-0.1, -0.05) is 76.1 Å². The van der Waals surface area contributed by atoms with E-state index >= 15 is 0 Å². The number of carbonyl (C=O) groups is 5. The molecule has 5 rings (SSSR count). The summed E-state index contributed by atoms with van der Waals surface area (Å²) in [6.45, 7) is 7.67. The molecular formula is C46H51N5O9. The minimum absolute atomic E-state index is 0.0486. The van der Waals surface area contributed by atoms with E-state index in [9.17, 15) is 24.0 Å². The van der Waals surface area contributed by atoms with Gasteiger partial charge in [0.25, 0.3) is 11.8 Å². The molecule has 3 amide bonds. The Bertz CT molecular complexity index is 2200. The minimum Gasteiger partial charge on any atom is -0.496 e. The Kier molecular flexibility index (Phi) is 16.1. The lowest BCUT2D eigenvalue weighted by Crippen LogP contribution is -2.27. The smallest absolute Gasteiger partial charge is 0.435 e. The summed E-state index contributed by atoms with van der Waals surface area (Å²) in [5.74, 6) is -2.49. The molecule has 314 valence electrons. The summed E-state index contributed by atoms with van der Waals surface area (Å²) in [5, 5.41) is 5.69. The second-order valence-electron chi connectivity index (χ2n) is 14.4. The number of rotatable bonds is 20. The van der Waals surface area contributed by atoms with Crippen molar-refractivity contribution >= 4 is 47.4 Å². The first-order valence-corrected chi connectivity index (χ1v) is 20.0. The van der Waals surface area contributed by atoms with Crippen molar-refractivity contribution in [2.75, 3.05) is 32.4 Å². The number of aromatic nitrogens is 1. The molecule has 0 aliphatic heterocycles. The number of nitrogens with zero attached hydrogens (tertiary/aromatic N) is 2. The van der Waals surface area contributed by atoms with Crippen LogP contribution in [0.1, 0.15) is 100 Å². The summed E-state index contributed by atoms with van der Waals surface area (Å²) >= 11 is 0. The number of carbonyl (C=O) groups excluding carboxylic acids is 5. The third-order valence-corrected chi connectivity index (χ3v) is 9.75. The van der Waals surface area contributed by atoms with E-state index in [1.165, 1.54) is 25.3 Å². The van der Waals surface area contributed by atoms with Crippen LogP contribution in [0.2, 0.25) is 0 Å². The van der Waals surface area contributed by atoms with E-state index < -0.39 is 42.6 Å². The number of aliphatic imine (C=N–C) groups is 1. The zero-order valence-electron chi connectivity index (χ0n) is 34.2. The quantitative estimate of drug-likeness (QED) is 0.0259. The Balaban J connectivity index is 1.39. The van der Waals surface area contributed by atoms with Gasteiger partial charge in [0.1, 0.15) is 17.3 Å². The Morgan fingerprint density at radius 1 is 0.917 bits per heavy atom. The van der Waals surface area contributed by atoms with Gasteiger partial charge in [-0.2, -0.15) is 4.99 Å². The minimum atomic E-state index is -1.00. The van der Waals surface area contributed by atoms with E-state index in [1.54, 1.807) is 43.3 Å². The van der Waals surface area contributed by atoms with Crippen molar-refractivity contribution in [1.29, 1.82) is 0 Å². The lowest BCUT2D eigenvalue weighted by molar-refractivity contribution is -0.156. The lowest BCUT2D eigenvalue weighted by Gasteiger charge is -2.17. The zero-order valence-corrected chi connectivity index (χ0v) is 34.2. The van der Waals surface area contributed by atoms with E-state index in [-0.39, 0.29) is 40.5 Å². The van der Waals surface area contributed by atoms with Crippen LogP contribution in [0.15, 0.2) is 90.4 Å². The molecule has 0 unspecified atom stereocenters. The number of ether oxygens (including phenoxy) is 4. The SMILES string of the molecule is C=Cc1cc(C(=O)Nc2ccc(C(N)=NC(=O)OCCCCCC)cc2)c(-c2ccc(C(=O)NCC3CC3)nc2C(=O)OCOC(=O)[C@@H](C)Cc2ccccc2)cc1OC. The molecule has 3 aromatic carbocycles. The van der Waals surface area contributed by atoms with Crippen LogP contribution in [0.25, 0.3) is 17.2 Å². The Hall–Kier alpha value is -6.83. The number of nitrogens with two attached hydrogens (primary N) is 1. The van der Waals surface area contributed by atoms with Crippen molar-refractivity contribution in [3.8, 4) is 16.9 Å². The predicted molar refractivity (Wildman–Crippen MR) is 228 cm³/mol. The number of hydrogen-bond donors (Lipinski definition) is 3. The van der Waals surface area contributed by atoms with Gasteiger partial charge in [0.05, 0.1) is 19.6 Å². The van der Waals surface area contributed by atoms with E-state index in [0.29, 0.717) is 41.4 Å². The maximum absolute atomic E-state index is 14.1. The van der Waals surface area contributed by atoms with Gasteiger partial charge < -0.3 is 35.3 Å². The summed E-state index contributed by atoms with van der Waals surface area (Å²) in [7, 11) is 1.45. The first kappa shape index (κ1) is 44.3. The maximum atomic E-state index is 14.1. The van der Waals surface area contributed by atoms with Crippen LogP contribution >= 0.6 is 0 Å². The highest BCUT2D eigenvalue weighted by molar-refractivity contribution is 6.11. The highest BCUT2D eigenvalue weighted by Gasteiger charge is 2.27. The predicted octanol–water partition coefficient (Wildman–Crippen LogP) is 7.75. The third kappa shape index (κ3) is 12.6. The molecule has 0 spiro atoms. The van der Waals surface area contributed by atoms with Crippen LogP contribution in [0, 0.1) is 11.8 Å². The first-order valence-electron chi connectivity index (χ1n) is 20.0. The molecule has 4 N–H and O–H groups in total. The molecule has 1 fully saturated rings. The number of nitrogens with one attached hydrogen (secondary N) is 2. The number of hydrogen-bond acceptors (Lipinski definition) is 10. The molecule has 14 heteroatoms. The summed E-state index contributed by atoms with van der Waals surface area (Å²) in [6.07, 6.45) is 6.99. The molecular weight excluding hydrogens is 767 g/mol. The van der Waals surface area contributed by atoms with Crippen LogP contribution in [0.4, 0.5) is 10.5 Å². The second-order valence-corrected chi connectivity index (χ2v) is 14.4. The topological polar surface area (TPSA) is 198 Å². The number of unbranched alkanes of at least 4 members (excludes halogenated alkanes) is 3. The molecule has 14 nitrogen and oxygen atoms in total. The van der Waals surface area contributed by atoms with Crippen LogP contribution < -0.4 is 21.1 Å². The first-order chi connectivity index (χ1) is 29.0. The summed E-state index contributed by atoms with van der Waals surface area (Å²) in [6, 6.07) is 21.8. The molecule has 1 aliphatic carbocycles. The van der Waals surface area contributed by atoms with Crippen LogP contribution in [-0.4, -0.2) is 67.7 Å². The fraction of sp³-hybridized carbons (Fsp3) is 0.326. The third-order valence-electron chi connectivity index (χ3n) is 9.75. The largest absolute Gasteiger partial charge is 0.496 e. The number of amidine groups is 1. The molecule has 1 saturated carbocycles. The van der Waals surface area contributed by atoms with Gasteiger partial charge in [0.2, 0.25) is 6.79 Å². The van der Waals surface area contributed by atoms with Crippen molar-refractivity contribution in [3.05, 3.63) is 119 Å². The number of esters is 2. The molecule has 0 saturated heterocycles. The van der Waals surface area contributed by atoms with E-state index in [4.69, 9.17) is 24.7 Å². The molecule has 0 radical (unpaired) electrons. The van der Waals surface area contributed by atoms with Crippen molar-refractivity contribution in [3.63, 3.8) is 0 Å². The van der Waals surface area contributed by atoms with Gasteiger partial charge in [-0.15, -0.1) is 0 Å². The number of anilines is 1. The van der Waals surface area contributed by atoms with Crippen molar-refractivity contribution < 1.29 is 42.9 Å². The average Bonchev–Trinajstić information content (AvgIpc) is 4.10. The van der Waals surface area contributed by atoms with Crippen molar-refractivity contribution in [1.82, 2.24) is 10.3 Å². The van der Waals surface area contributed by atoms with Crippen molar-refractivity contribution in [2.45, 2.75) is 58.8 Å². The fourth-order valence-electron chi connectivity index (χ4n) is 6.16. The molecule has 4 aromatic rings. The van der Waals surface area contributed by atoms with E-state index in [0.717, 1.165) is 44.1 Å². The molecule has 0 bridgehead atoms. The molecule has 1 aromatic heterocycles. The zero-order chi connectivity index (χ0) is 43.0. The molecule has 1 heterocycles. The average molecular weight is 818 g/mol. The van der Waals surface area contributed by atoms with Gasteiger partial charge in [-0.05, 0) is 85.7 Å². The van der Waals surface area contributed by atoms with Gasteiger partial charge in [-0.3, -0.25) is 14.4 Å². The maximum Gasteiger partial charge on any atom is 0.435 e. The molecule has 1 aliphatic rings. The highest BCUT2D eigenvalue weighted by Crippen LogP contribution is 2.35. The highest BCUT2D eigenvalue weighted by atomic mass is 16.7. The van der Waals surface area contributed by atoms with Crippen LogP contribution in [-0.2, 0) is 25.4 Å². The Morgan fingerprint density at radius 2 is 1.67 bits per heavy atom. The number of benzene rings is 3. The standard InChI is InChI=1S/C46H51N5O9/c1-5-7-8-12-23-58-46(56)51-41(47)33-17-19-34(20-18-33)49-42(52)37-25-32(6-2)39(57-4)26-36(37)35-21-22-38(43(53)48-27-31-15-16-31)50-40(35)45(55)60-28-59-44(54)29(3)24-30-13-10-9-11-14-30/h6,9-11,13-14,17-22,25-26,29,31H,2,5,7-8,12,15-16,23-24,27-28H2,1,3-4H3,(H,48,53)(H,49,52)(H2,47,51,56)/t29-/m0/s1. The molecule has 60 heavy (non-hydrogen) atoms. The van der Waals surface area contributed by atoms with Gasteiger partial charge in [-0.25, -0.2) is 14.6 Å². The monoisotopic (exact) mass is 817 g/mol. The molecule has 1 atom stereocenters. The normalized spacial score (nSPS) is 12.8. The number of pyridine rings is 1. The van der Waals surface area contributed by atoms with Gasteiger partial charge in [0, 0.05) is 40.0 Å². The van der Waals surface area contributed by atoms with Crippen molar-refractivity contribution in [2.24, 2.45) is 22.6 Å². The summed E-state index contributed by atoms with van der Waals surface area (Å²) in [5.41, 5.74) is 8.40. The summed E-state index contributed by atoms with van der Waals surface area (Å²) < 4.78 is 21.5. The number of amides is 3. The fourth-order valence-corrected chi connectivity index (χ4v) is 6.16. The van der Waals surface area contributed by atoms with E-state index in [1.807, 2.05) is 30.3 Å². The Morgan fingerprint density at radius 3 is 2.35 bits per heavy atom. The van der Waals surface area contributed by atoms with Crippen LogP contribution in [0.3, 0.4) is 0 Å². The second kappa shape index (κ2) is 21.8. The number of methoxy groups -OCH3 is 1. The van der Waals surface area contributed by atoms with Crippen LogP contribution in [0.5, 0.6) is 5.75 Å². The summed E-state index contributed by atoms with van der Waals surface area (Å²) in [4.78, 5) is 74.3. The lowest BCUT2D eigenvalue weighted by atomic mass is 9.94. The Labute approximate surface area is 349 Å². The van der Waals surface area contributed by atoms with Gasteiger partial charge in [0.15, 0.2) is 5.69 Å².